The first-order valence-corrected chi connectivity index (χ1v) is 3.85. The second-order valence-corrected chi connectivity index (χ2v) is 3.23. The zero-order chi connectivity index (χ0) is 7.14. The molecule has 2 rings (SSSR count). The van der Waals surface area contributed by atoms with Crippen LogP contribution in [0.1, 0.15) is 13.3 Å². The van der Waals surface area contributed by atoms with E-state index in [2.05, 4.69) is 18.2 Å². The molecule has 0 aromatic heterocycles. The predicted octanol–water partition coefficient (Wildman–Crippen LogP) is 1.50. The summed E-state index contributed by atoms with van der Waals surface area (Å²) in [5.74, 6) is 1.19. The van der Waals surface area contributed by atoms with Gasteiger partial charge in [0.15, 0.2) is 0 Å². The van der Waals surface area contributed by atoms with E-state index in [-0.39, 0.29) is 6.10 Å². The Morgan fingerprint density at radius 3 is 2.70 bits per heavy atom. The largest absolute Gasteiger partial charge is 0.389 e. The first-order valence-electron chi connectivity index (χ1n) is 3.85. The van der Waals surface area contributed by atoms with E-state index < -0.39 is 0 Å². The van der Waals surface area contributed by atoms with Gasteiger partial charge >= 0.3 is 0 Å². The average Bonchev–Trinajstić information content (AvgIpc) is 2.44. The molecule has 54 valence electrons. The minimum absolute atomic E-state index is 0.236. The summed E-state index contributed by atoms with van der Waals surface area (Å²) >= 11 is 0. The molecule has 0 heterocycles. The highest BCUT2D eigenvalue weighted by Gasteiger charge is 2.29. The van der Waals surface area contributed by atoms with Gasteiger partial charge in [-0.25, -0.2) is 0 Å². The third kappa shape index (κ3) is 0.739. The van der Waals surface area contributed by atoms with Crippen LogP contribution >= 0.6 is 0 Å². The molecule has 2 aliphatic rings. The van der Waals surface area contributed by atoms with Crippen molar-refractivity contribution in [1.29, 1.82) is 0 Å². The lowest BCUT2D eigenvalue weighted by Gasteiger charge is -2.11. The summed E-state index contributed by atoms with van der Waals surface area (Å²) in [6.07, 6.45) is 7.62. The Balaban J connectivity index is 2.21. The topological polar surface area (TPSA) is 20.2 Å². The molecular weight excluding hydrogens is 124 g/mol. The van der Waals surface area contributed by atoms with Gasteiger partial charge in [0.2, 0.25) is 0 Å². The molecule has 0 radical (unpaired) electrons. The van der Waals surface area contributed by atoms with Crippen LogP contribution < -0.4 is 0 Å². The van der Waals surface area contributed by atoms with Crippen molar-refractivity contribution < 1.29 is 5.11 Å². The molecule has 0 aromatic rings. The van der Waals surface area contributed by atoms with E-state index in [1.165, 1.54) is 12.0 Å². The van der Waals surface area contributed by atoms with Crippen LogP contribution in [0.5, 0.6) is 0 Å². The first-order chi connectivity index (χ1) is 4.77. The van der Waals surface area contributed by atoms with E-state index in [0.717, 1.165) is 0 Å². The molecule has 0 aliphatic heterocycles. The zero-order valence-electron chi connectivity index (χ0n) is 6.12. The predicted molar refractivity (Wildman–Crippen MR) is 40.5 cm³/mol. The Bertz CT molecular complexity index is 201. The molecule has 0 spiro atoms. The van der Waals surface area contributed by atoms with Gasteiger partial charge in [0.25, 0.3) is 0 Å². The van der Waals surface area contributed by atoms with Crippen molar-refractivity contribution in [1.82, 2.24) is 0 Å². The normalized spacial score (nSPS) is 38.4. The minimum atomic E-state index is -0.236. The Hall–Kier alpha value is -0.560. The quantitative estimate of drug-likeness (QED) is 0.541. The molecule has 2 unspecified atom stereocenters. The van der Waals surface area contributed by atoms with Crippen molar-refractivity contribution in [2.45, 2.75) is 19.4 Å². The van der Waals surface area contributed by atoms with E-state index in [9.17, 15) is 5.11 Å². The summed E-state index contributed by atoms with van der Waals surface area (Å²) in [4.78, 5) is 0. The van der Waals surface area contributed by atoms with Crippen molar-refractivity contribution in [3.8, 4) is 0 Å². The summed E-state index contributed by atoms with van der Waals surface area (Å²) in [6.45, 7) is 1.85. The fourth-order valence-corrected chi connectivity index (χ4v) is 1.92. The molecule has 1 nitrogen and oxygen atoms in total. The van der Waals surface area contributed by atoms with Crippen LogP contribution in [0.3, 0.4) is 0 Å². The highest BCUT2D eigenvalue weighted by molar-refractivity contribution is 5.31. The number of aliphatic hydroxyl groups excluding tert-OH is 1. The number of hydrogen-bond acceptors (Lipinski definition) is 1. The molecule has 2 aliphatic carbocycles. The number of allylic oxidation sites excluding steroid dienone is 3. The van der Waals surface area contributed by atoms with Gasteiger partial charge in [-0.1, -0.05) is 18.2 Å². The Morgan fingerprint density at radius 2 is 2.40 bits per heavy atom. The lowest BCUT2D eigenvalue weighted by molar-refractivity contribution is 0.223. The van der Waals surface area contributed by atoms with Gasteiger partial charge in [-0.15, -0.1) is 0 Å². The van der Waals surface area contributed by atoms with Crippen LogP contribution in [0, 0.1) is 11.8 Å². The fraction of sp³-hybridized carbons (Fsp3) is 0.556. The molecule has 0 saturated heterocycles. The van der Waals surface area contributed by atoms with Crippen LogP contribution in [0.25, 0.3) is 0 Å². The molecule has 0 aromatic carbocycles. The summed E-state index contributed by atoms with van der Waals surface area (Å²) in [5, 5.41) is 9.27. The van der Waals surface area contributed by atoms with Crippen LogP contribution in [0.15, 0.2) is 23.8 Å². The van der Waals surface area contributed by atoms with E-state index in [1.807, 2.05) is 6.92 Å². The van der Waals surface area contributed by atoms with Crippen molar-refractivity contribution in [2.24, 2.45) is 11.8 Å². The zero-order valence-corrected chi connectivity index (χ0v) is 6.12. The van der Waals surface area contributed by atoms with Crippen LogP contribution in [-0.4, -0.2) is 11.2 Å². The summed E-state index contributed by atoms with van der Waals surface area (Å²) in [5.41, 5.74) is 1.23. The van der Waals surface area contributed by atoms with Gasteiger partial charge in [-0.05, 0) is 24.8 Å². The van der Waals surface area contributed by atoms with Crippen LogP contribution in [0.4, 0.5) is 0 Å². The van der Waals surface area contributed by atoms with Crippen molar-refractivity contribution in [2.75, 3.05) is 0 Å². The van der Waals surface area contributed by atoms with Gasteiger partial charge in [0.1, 0.15) is 0 Å². The first kappa shape index (κ1) is 6.17. The van der Waals surface area contributed by atoms with Gasteiger partial charge in [-0.2, -0.15) is 0 Å². The molecule has 10 heavy (non-hydrogen) atoms. The van der Waals surface area contributed by atoms with Gasteiger partial charge in [-0.3, -0.25) is 0 Å². The van der Waals surface area contributed by atoms with E-state index in [4.69, 9.17) is 0 Å². The van der Waals surface area contributed by atoms with Gasteiger partial charge < -0.3 is 5.11 Å². The minimum Gasteiger partial charge on any atom is -0.389 e. The second kappa shape index (κ2) is 1.96. The standard InChI is InChI=1S/C9H12O/c1-6(10)9-5-7-2-3-8(9)4-7/h2-3,5-8,10H,4H2,1H3/t6-,7?,8?/m0/s1. The highest BCUT2D eigenvalue weighted by atomic mass is 16.3. The maximum Gasteiger partial charge on any atom is 0.0727 e. The summed E-state index contributed by atoms with van der Waals surface area (Å²) in [7, 11) is 0. The molecule has 0 fully saturated rings. The third-order valence-electron chi connectivity index (χ3n) is 2.43. The monoisotopic (exact) mass is 136 g/mol. The van der Waals surface area contributed by atoms with E-state index >= 15 is 0 Å². The average molecular weight is 136 g/mol. The van der Waals surface area contributed by atoms with Crippen LogP contribution in [-0.2, 0) is 0 Å². The van der Waals surface area contributed by atoms with Gasteiger partial charge in [0, 0.05) is 5.92 Å². The Kier molecular flexibility index (Phi) is 1.21. The lowest BCUT2D eigenvalue weighted by Crippen LogP contribution is -2.09. The molecule has 1 heteroatoms. The molecular formula is C9H12O. The molecule has 0 saturated carbocycles. The van der Waals surface area contributed by atoms with E-state index in [1.54, 1.807) is 0 Å². The SMILES string of the molecule is C[C@H](O)C1=CC2C=CC1C2. The number of aliphatic hydroxyl groups is 1. The Labute approximate surface area is 61.1 Å². The molecule has 0 amide bonds. The number of hydrogen-bond donors (Lipinski definition) is 1. The molecule has 3 atom stereocenters. The molecule has 2 bridgehead atoms. The summed E-state index contributed by atoms with van der Waals surface area (Å²) in [6, 6.07) is 0. The summed E-state index contributed by atoms with van der Waals surface area (Å²) < 4.78 is 0. The maximum absolute atomic E-state index is 9.27. The molecule has 1 N–H and O–H groups in total. The fourth-order valence-electron chi connectivity index (χ4n) is 1.92. The number of rotatable bonds is 1. The highest BCUT2D eigenvalue weighted by Crippen LogP contribution is 2.39. The Morgan fingerprint density at radius 1 is 1.60 bits per heavy atom. The lowest BCUT2D eigenvalue weighted by atomic mass is 9.99. The van der Waals surface area contributed by atoms with Crippen LogP contribution in [0.2, 0.25) is 0 Å². The number of fused-ring (bicyclic) bond motifs is 2. The van der Waals surface area contributed by atoms with Crippen molar-refractivity contribution >= 4 is 0 Å². The van der Waals surface area contributed by atoms with E-state index in [0.29, 0.717) is 11.8 Å². The van der Waals surface area contributed by atoms with Gasteiger partial charge in [0.05, 0.1) is 6.10 Å². The smallest absolute Gasteiger partial charge is 0.0727 e. The van der Waals surface area contributed by atoms with Crippen molar-refractivity contribution in [3.05, 3.63) is 23.8 Å². The second-order valence-electron chi connectivity index (χ2n) is 3.23. The van der Waals surface area contributed by atoms with Crippen molar-refractivity contribution in [3.63, 3.8) is 0 Å². The maximum atomic E-state index is 9.27. The third-order valence-corrected chi connectivity index (χ3v) is 2.43.